The fourth-order valence-corrected chi connectivity index (χ4v) is 7.02. The lowest BCUT2D eigenvalue weighted by atomic mass is 9.83. The van der Waals surface area contributed by atoms with E-state index in [2.05, 4.69) is 20.0 Å². The van der Waals surface area contributed by atoms with Crippen LogP contribution in [0.2, 0.25) is 0 Å². The van der Waals surface area contributed by atoms with Crippen molar-refractivity contribution in [2.75, 3.05) is 26.0 Å². The molecule has 1 atom stereocenters. The number of aromatic amines is 1. The topological polar surface area (TPSA) is 101 Å². The van der Waals surface area contributed by atoms with Gasteiger partial charge in [-0.25, -0.2) is 8.42 Å². The molecule has 3 aromatic rings. The molecule has 9 heteroatoms. The zero-order valence-corrected chi connectivity index (χ0v) is 17.6. The number of hydrogen-bond donors (Lipinski definition) is 1. The quantitative estimate of drug-likeness (QED) is 0.642. The summed E-state index contributed by atoms with van der Waals surface area (Å²) in [7, 11) is -1.58. The Morgan fingerprint density at radius 3 is 2.77 bits per heavy atom. The van der Waals surface area contributed by atoms with Crippen LogP contribution in [0, 0.1) is 0 Å². The molecule has 0 aliphatic carbocycles. The van der Waals surface area contributed by atoms with Crippen LogP contribution >= 0.6 is 0 Å². The van der Waals surface area contributed by atoms with E-state index in [0.717, 1.165) is 17.0 Å². The minimum absolute atomic E-state index is 0.171. The number of H-pyrrole nitrogens is 1. The van der Waals surface area contributed by atoms with Gasteiger partial charge in [0.25, 0.3) is 0 Å². The summed E-state index contributed by atoms with van der Waals surface area (Å²) in [6.45, 7) is 1.70. The Hall–Kier alpha value is -2.65. The maximum atomic E-state index is 12.9. The molecule has 0 saturated carbocycles. The molecular formula is C21H24N4O4S. The molecule has 30 heavy (non-hydrogen) atoms. The number of methoxy groups -OCH3 is 1. The predicted octanol–water partition coefficient (Wildman–Crippen LogP) is 2.15. The Balaban J connectivity index is 1.32. The van der Waals surface area contributed by atoms with E-state index in [4.69, 9.17) is 9.26 Å². The van der Waals surface area contributed by atoms with Crippen molar-refractivity contribution >= 4 is 9.84 Å². The lowest BCUT2D eigenvalue weighted by Crippen LogP contribution is -2.65. The van der Waals surface area contributed by atoms with Crippen LogP contribution in [0.5, 0.6) is 5.75 Å². The van der Waals surface area contributed by atoms with E-state index >= 15 is 0 Å². The van der Waals surface area contributed by atoms with Crippen LogP contribution in [0.3, 0.4) is 0 Å². The average Bonchev–Trinajstić information content (AvgIpc) is 3.43. The molecule has 2 fully saturated rings. The lowest BCUT2D eigenvalue weighted by molar-refractivity contribution is 0.0889. The number of likely N-dealkylation sites (tertiary alicyclic amines) is 1. The first kappa shape index (κ1) is 19.3. The van der Waals surface area contributed by atoms with E-state index in [1.807, 2.05) is 42.6 Å². The van der Waals surface area contributed by atoms with Crippen molar-refractivity contribution in [3.8, 4) is 5.75 Å². The number of ether oxygens (including phenoxy) is 1. The van der Waals surface area contributed by atoms with Crippen molar-refractivity contribution in [2.45, 2.75) is 30.1 Å². The summed E-state index contributed by atoms with van der Waals surface area (Å²) >= 11 is 0. The molecule has 1 spiro atoms. The minimum atomic E-state index is -3.21. The van der Waals surface area contributed by atoms with E-state index in [9.17, 15) is 8.42 Å². The number of nitrogens with one attached hydrogen (secondary N) is 1. The van der Waals surface area contributed by atoms with Crippen molar-refractivity contribution in [1.29, 1.82) is 0 Å². The second kappa shape index (κ2) is 7.24. The Morgan fingerprint density at radius 2 is 2.07 bits per heavy atom. The Kier molecular flexibility index (Phi) is 4.67. The van der Waals surface area contributed by atoms with Crippen LogP contribution in [0.4, 0.5) is 0 Å². The normalized spacial score (nSPS) is 22.2. The Labute approximate surface area is 175 Å². The molecule has 5 rings (SSSR count). The molecule has 1 aromatic carbocycles. The molecule has 1 N–H and O–H groups in total. The van der Waals surface area contributed by atoms with E-state index in [-0.39, 0.29) is 11.7 Å². The van der Waals surface area contributed by atoms with Crippen LogP contribution < -0.4 is 4.74 Å². The molecular weight excluding hydrogens is 404 g/mol. The van der Waals surface area contributed by atoms with Gasteiger partial charge in [-0.05, 0) is 36.2 Å². The van der Waals surface area contributed by atoms with Gasteiger partial charge in [0.1, 0.15) is 10.5 Å². The highest BCUT2D eigenvalue weighted by molar-refractivity contribution is 7.93. The summed E-state index contributed by atoms with van der Waals surface area (Å²) < 4.78 is 35.8. The summed E-state index contributed by atoms with van der Waals surface area (Å²) in [6.07, 6.45) is 2.94. The average molecular weight is 429 g/mol. The standard InChI is InChI=1S/C21H24N4O4S/c1-28-17-6-4-15(5-7-17)11-19-23-20(29-24-19)18-8-10-30(26,27)21(18)13-25(14-21)12-16-3-2-9-22-16/h2-7,9,18,22H,8,10-14H2,1H3. The van der Waals surface area contributed by atoms with Gasteiger partial charge >= 0.3 is 0 Å². The molecule has 2 saturated heterocycles. The monoisotopic (exact) mass is 428 g/mol. The van der Waals surface area contributed by atoms with Crippen molar-refractivity contribution in [2.24, 2.45) is 0 Å². The van der Waals surface area contributed by atoms with Gasteiger partial charge in [-0.2, -0.15) is 4.98 Å². The van der Waals surface area contributed by atoms with Crippen LogP contribution in [0.1, 0.15) is 35.3 Å². The van der Waals surface area contributed by atoms with Gasteiger partial charge in [0, 0.05) is 37.9 Å². The third-order valence-electron chi connectivity index (χ3n) is 6.27. The van der Waals surface area contributed by atoms with Gasteiger partial charge in [-0.15, -0.1) is 0 Å². The van der Waals surface area contributed by atoms with Crippen molar-refractivity contribution < 1.29 is 17.7 Å². The van der Waals surface area contributed by atoms with Gasteiger partial charge < -0.3 is 14.2 Å². The number of sulfone groups is 1. The molecule has 4 heterocycles. The van der Waals surface area contributed by atoms with Crippen LogP contribution in [-0.4, -0.2) is 59.1 Å². The first-order valence-electron chi connectivity index (χ1n) is 10.0. The highest BCUT2D eigenvalue weighted by Gasteiger charge is 2.63. The largest absolute Gasteiger partial charge is 0.497 e. The smallest absolute Gasteiger partial charge is 0.231 e. The number of aromatic nitrogens is 3. The zero-order chi connectivity index (χ0) is 20.8. The minimum Gasteiger partial charge on any atom is -0.497 e. The summed E-state index contributed by atoms with van der Waals surface area (Å²) in [4.78, 5) is 9.90. The van der Waals surface area contributed by atoms with Crippen LogP contribution in [0.15, 0.2) is 47.1 Å². The number of nitrogens with zero attached hydrogens (tertiary/aromatic N) is 3. The number of hydrogen-bond acceptors (Lipinski definition) is 7. The lowest BCUT2D eigenvalue weighted by Gasteiger charge is -2.49. The third kappa shape index (κ3) is 3.22. The van der Waals surface area contributed by atoms with Gasteiger partial charge in [0.2, 0.25) is 5.89 Å². The van der Waals surface area contributed by atoms with Crippen LogP contribution in [-0.2, 0) is 22.8 Å². The molecule has 8 nitrogen and oxygen atoms in total. The highest BCUT2D eigenvalue weighted by Crippen LogP contribution is 2.49. The van der Waals surface area contributed by atoms with E-state index < -0.39 is 14.6 Å². The number of benzene rings is 1. The predicted molar refractivity (Wildman–Crippen MR) is 110 cm³/mol. The van der Waals surface area contributed by atoms with Crippen molar-refractivity contribution in [3.05, 3.63) is 65.6 Å². The van der Waals surface area contributed by atoms with E-state index in [1.165, 1.54) is 0 Å². The fraction of sp³-hybridized carbons (Fsp3) is 0.429. The second-order valence-corrected chi connectivity index (χ2v) is 10.6. The van der Waals surface area contributed by atoms with Gasteiger partial charge in [-0.3, -0.25) is 4.90 Å². The SMILES string of the molecule is COc1ccc(Cc2noc(C3CCS(=O)(=O)C34CN(Cc3ccc[nH]3)C4)n2)cc1. The molecule has 0 radical (unpaired) electrons. The first-order chi connectivity index (χ1) is 14.5. The van der Waals surface area contributed by atoms with Gasteiger partial charge in [-0.1, -0.05) is 17.3 Å². The van der Waals surface area contributed by atoms with E-state index in [1.54, 1.807) is 7.11 Å². The molecule has 0 amide bonds. The summed E-state index contributed by atoms with van der Waals surface area (Å²) in [5.41, 5.74) is 2.12. The molecule has 2 aromatic heterocycles. The Bertz CT molecular complexity index is 1120. The first-order valence-corrected chi connectivity index (χ1v) is 11.7. The van der Waals surface area contributed by atoms with Gasteiger partial charge in [0.05, 0.1) is 18.8 Å². The molecule has 158 valence electrons. The van der Waals surface area contributed by atoms with Crippen molar-refractivity contribution in [3.63, 3.8) is 0 Å². The molecule has 0 bridgehead atoms. The van der Waals surface area contributed by atoms with Crippen molar-refractivity contribution in [1.82, 2.24) is 20.0 Å². The molecule has 2 aliphatic heterocycles. The summed E-state index contributed by atoms with van der Waals surface area (Å²) in [6, 6.07) is 11.7. The van der Waals surface area contributed by atoms with Crippen LogP contribution in [0.25, 0.3) is 0 Å². The molecule has 2 aliphatic rings. The van der Waals surface area contributed by atoms with E-state index in [0.29, 0.717) is 44.2 Å². The number of rotatable bonds is 6. The third-order valence-corrected chi connectivity index (χ3v) is 8.83. The highest BCUT2D eigenvalue weighted by atomic mass is 32.2. The Morgan fingerprint density at radius 1 is 1.27 bits per heavy atom. The second-order valence-electron chi connectivity index (χ2n) is 8.14. The molecule has 1 unspecified atom stereocenters. The maximum Gasteiger partial charge on any atom is 0.231 e. The maximum absolute atomic E-state index is 12.9. The summed E-state index contributed by atoms with van der Waals surface area (Å²) in [5.74, 6) is 1.72. The fourth-order valence-electron chi connectivity index (χ4n) is 4.66. The van der Waals surface area contributed by atoms with Gasteiger partial charge in [0.15, 0.2) is 15.7 Å². The zero-order valence-electron chi connectivity index (χ0n) is 16.7. The summed E-state index contributed by atoms with van der Waals surface area (Å²) in [5, 5.41) is 4.12.